The summed E-state index contributed by atoms with van der Waals surface area (Å²) >= 11 is 2.55. The zero-order valence-electron chi connectivity index (χ0n) is 18.2. The SMILES string of the molecule is O=C(CSc1nnc(CN2CCCCC2)n1Cc1ccccc1)Nc1cccc2nsnc12. The van der Waals surface area contributed by atoms with Gasteiger partial charge in [-0.05, 0) is 43.6 Å². The fraction of sp³-hybridized carbons (Fsp3) is 0.348. The monoisotopic (exact) mass is 479 g/mol. The van der Waals surface area contributed by atoms with Crippen molar-refractivity contribution in [2.24, 2.45) is 0 Å². The van der Waals surface area contributed by atoms with Gasteiger partial charge in [0, 0.05) is 0 Å². The minimum absolute atomic E-state index is 0.104. The van der Waals surface area contributed by atoms with Crippen LogP contribution in [-0.2, 0) is 17.9 Å². The van der Waals surface area contributed by atoms with Crippen molar-refractivity contribution in [3.8, 4) is 0 Å². The summed E-state index contributed by atoms with van der Waals surface area (Å²) in [5, 5.41) is 12.7. The number of fused-ring (bicyclic) bond motifs is 1. The maximum absolute atomic E-state index is 12.7. The highest BCUT2D eigenvalue weighted by atomic mass is 32.2. The van der Waals surface area contributed by atoms with Crippen LogP contribution in [-0.4, -0.2) is 53.2 Å². The first-order valence-electron chi connectivity index (χ1n) is 11.1. The van der Waals surface area contributed by atoms with E-state index < -0.39 is 0 Å². The molecule has 2 aromatic carbocycles. The number of aromatic nitrogens is 5. The molecule has 33 heavy (non-hydrogen) atoms. The van der Waals surface area contributed by atoms with E-state index in [1.807, 2.05) is 36.4 Å². The standard InChI is InChI=1S/C23H25N7OS2/c31-21(24-18-10-7-11-19-22(18)28-33-27-19)16-32-23-26-25-20(15-29-12-5-2-6-13-29)30(23)14-17-8-3-1-4-9-17/h1,3-4,7-11H,2,5-6,12-16H2,(H,24,31). The average molecular weight is 480 g/mol. The number of rotatable bonds is 8. The Labute approximate surface area is 200 Å². The van der Waals surface area contributed by atoms with Crippen LogP contribution in [0.15, 0.2) is 53.7 Å². The summed E-state index contributed by atoms with van der Waals surface area (Å²) in [6.45, 7) is 3.66. The number of nitrogens with zero attached hydrogens (tertiary/aromatic N) is 6. The second-order valence-electron chi connectivity index (χ2n) is 8.08. The number of carbonyl (C=O) groups excluding carboxylic acids is 1. The predicted octanol–water partition coefficient (Wildman–Crippen LogP) is 4.05. The van der Waals surface area contributed by atoms with Gasteiger partial charge in [0.2, 0.25) is 5.91 Å². The third-order valence-electron chi connectivity index (χ3n) is 5.68. The average Bonchev–Trinajstić information content (AvgIpc) is 3.47. The molecule has 170 valence electrons. The zero-order chi connectivity index (χ0) is 22.5. The lowest BCUT2D eigenvalue weighted by atomic mass is 10.1. The number of carbonyl (C=O) groups is 1. The summed E-state index contributed by atoms with van der Waals surface area (Å²) in [7, 11) is 0. The molecule has 2 aromatic heterocycles. The van der Waals surface area contributed by atoms with Crippen LogP contribution in [0.2, 0.25) is 0 Å². The summed E-state index contributed by atoms with van der Waals surface area (Å²) in [6.07, 6.45) is 3.76. The molecular weight excluding hydrogens is 454 g/mol. The minimum atomic E-state index is -0.104. The van der Waals surface area contributed by atoms with Gasteiger partial charge in [0.25, 0.3) is 0 Å². The number of piperidine rings is 1. The molecule has 1 N–H and O–H groups in total. The second-order valence-corrected chi connectivity index (χ2v) is 9.55. The van der Waals surface area contributed by atoms with Crippen molar-refractivity contribution in [3.63, 3.8) is 0 Å². The second kappa shape index (κ2) is 10.4. The van der Waals surface area contributed by atoms with Crippen LogP contribution in [0.1, 0.15) is 30.7 Å². The van der Waals surface area contributed by atoms with Crippen LogP contribution >= 0.6 is 23.5 Å². The first-order valence-corrected chi connectivity index (χ1v) is 12.8. The van der Waals surface area contributed by atoms with Crippen LogP contribution in [0.25, 0.3) is 11.0 Å². The normalized spacial score (nSPS) is 14.5. The molecule has 0 bridgehead atoms. The molecule has 1 aliphatic rings. The molecule has 1 amide bonds. The Morgan fingerprint density at radius 3 is 2.67 bits per heavy atom. The van der Waals surface area contributed by atoms with Crippen molar-refractivity contribution in [2.45, 2.75) is 37.5 Å². The number of hydrogen-bond donors (Lipinski definition) is 1. The first-order chi connectivity index (χ1) is 16.3. The van der Waals surface area contributed by atoms with Gasteiger partial charge in [-0.25, -0.2) is 0 Å². The summed E-state index contributed by atoms with van der Waals surface area (Å²) in [5.74, 6) is 1.08. The van der Waals surface area contributed by atoms with E-state index >= 15 is 0 Å². The van der Waals surface area contributed by atoms with Gasteiger partial charge in [-0.2, -0.15) is 8.75 Å². The Bertz CT molecular complexity index is 1220. The summed E-state index contributed by atoms with van der Waals surface area (Å²) in [6, 6.07) is 15.9. The molecule has 1 fully saturated rings. The minimum Gasteiger partial charge on any atom is -0.323 e. The van der Waals surface area contributed by atoms with E-state index in [0.717, 1.165) is 53.4 Å². The number of anilines is 1. The molecule has 10 heteroatoms. The van der Waals surface area contributed by atoms with Gasteiger partial charge >= 0.3 is 0 Å². The molecule has 0 spiro atoms. The fourth-order valence-electron chi connectivity index (χ4n) is 4.01. The molecule has 3 heterocycles. The van der Waals surface area contributed by atoms with Crippen LogP contribution < -0.4 is 5.32 Å². The van der Waals surface area contributed by atoms with Crippen LogP contribution in [0.3, 0.4) is 0 Å². The molecule has 0 unspecified atom stereocenters. The number of hydrogen-bond acceptors (Lipinski definition) is 8. The molecule has 0 atom stereocenters. The van der Waals surface area contributed by atoms with E-state index in [1.54, 1.807) is 0 Å². The largest absolute Gasteiger partial charge is 0.323 e. The molecule has 4 aromatic rings. The highest BCUT2D eigenvalue weighted by molar-refractivity contribution is 7.99. The van der Waals surface area contributed by atoms with E-state index in [2.05, 4.69) is 45.9 Å². The lowest BCUT2D eigenvalue weighted by molar-refractivity contribution is -0.113. The molecule has 1 saturated heterocycles. The smallest absolute Gasteiger partial charge is 0.234 e. The Morgan fingerprint density at radius 1 is 0.970 bits per heavy atom. The number of benzene rings is 2. The maximum atomic E-state index is 12.7. The van der Waals surface area contributed by atoms with E-state index in [4.69, 9.17) is 0 Å². The highest BCUT2D eigenvalue weighted by Gasteiger charge is 2.19. The van der Waals surface area contributed by atoms with Gasteiger partial charge in [-0.1, -0.05) is 54.6 Å². The molecule has 8 nitrogen and oxygen atoms in total. The molecule has 5 rings (SSSR count). The maximum Gasteiger partial charge on any atom is 0.234 e. The number of thioether (sulfide) groups is 1. The number of amides is 1. The summed E-state index contributed by atoms with van der Waals surface area (Å²) in [5.41, 5.74) is 3.38. The van der Waals surface area contributed by atoms with Gasteiger partial charge in [0.05, 0.1) is 36.3 Å². The lowest BCUT2D eigenvalue weighted by Crippen LogP contribution is -2.30. The van der Waals surface area contributed by atoms with Gasteiger partial charge in [0.1, 0.15) is 16.9 Å². The topological polar surface area (TPSA) is 88.8 Å². The molecule has 0 saturated carbocycles. The fourth-order valence-corrected chi connectivity index (χ4v) is 5.31. The van der Waals surface area contributed by atoms with Crippen molar-refractivity contribution in [3.05, 3.63) is 59.9 Å². The Morgan fingerprint density at radius 2 is 1.82 bits per heavy atom. The van der Waals surface area contributed by atoms with Crippen LogP contribution in [0.5, 0.6) is 0 Å². The third-order valence-corrected chi connectivity index (χ3v) is 7.19. The van der Waals surface area contributed by atoms with Crippen molar-refractivity contribution in [2.75, 3.05) is 24.2 Å². The van der Waals surface area contributed by atoms with Crippen molar-refractivity contribution >= 4 is 46.1 Å². The summed E-state index contributed by atoms with van der Waals surface area (Å²) < 4.78 is 10.7. The Hall–Kier alpha value is -2.82. The van der Waals surface area contributed by atoms with E-state index in [0.29, 0.717) is 12.2 Å². The molecule has 1 aliphatic heterocycles. The van der Waals surface area contributed by atoms with Crippen LogP contribution in [0, 0.1) is 0 Å². The predicted molar refractivity (Wildman–Crippen MR) is 131 cm³/mol. The van der Waals surface area contributed by atoms with E-state index in [9.17, 15) is 4.79 Å². The molecule has 0 aliphatic carbocycles. The van der Waals surface area contributed by atoms with Crippen molar-refractivity contribution in [1.82, 2.24) is 28.4 Å². The van der Waals surface area contributed by atoms with Gasteiger partial charge < -0.3 is 9.88 Å². The lowest BCUT2D eigenvalue weighted by Gasteiger charge is -2.26. The van der Waals surface area contributed by atoms with Gasteiger partial charge in [-0.15, -0.1) is 10.2 Å². The number of nitrogens with one attached hydrogen (secondary N) is 1. The number of likely N-dealkylation sites (tertiary alicyclic amines) is 1. The first kappa shape index (κ1) is 22.0. The van der Waals surface area contributed by atoms with E-state index in [1.165, 1.54) is 36.6 Å². The van der Waals surface area contributed by atoms with Crippen molar-refractivity contribution < 1.29 is 4.79 Å². The van der Waals surface area contributed by atoms with Crippen LogP contribution in [0.4, 0.5) is 5.69 Å². The molecular formula is C23H25N7OS2. The third kappa shape index (κ3) is 5.40. The zero-order valence-corrected chi connectivity index (χ0v) is 19.8. The summed E-state index contributed by atoms with van der Waals surface area (Å²) in [4.78, 5) is 15.1. The Kier molecular flexibility index (Phi) is 6.94. The van der Waals surface area contributed by atoms with E-state index in [-0.39, 0.29) is 11.7 Å². The Balaban J connectivity index is 1.30. The van der Waals surface area contributed by atoms with Gasteiger partial charge in [-0.3, -0.25) is 9.69 Å². The van der Waals surface area contributed by atoms with Crippen molar-refractivity contribution in [1.29, 1.82) is 0 Å². The quantitative estimate of drug-likeness (QED) is 0.381. The highest BCUT2D eigenvalue weighted by Crippen LogP contribution is 2.24. The van der Waals surface area contributed by atoms with Gasteiger partial charge in [0.15, 0.2) is 5.16 Å². The molecule has 0 radical (unpaired) electrons.